The summed E-state index contributed by atoms with van der Waals surface area (Å²) in [5, 5.41) is 0. The number of hydrogen-bond acceptors (Lipinski definition) is 1. The zero-order chi connectivity index (χ0) is 39.4. The lowest BCUT2D eigenvalue weighted by Crippen LogP contribution is -2.50. The Bertz CT molecular complexity index is 2810. The molecule has 0 radical (unpaired) electrons. The van der Waals surface area contributed by atoms with Crippen molar-refractivity contribution < 1.29 is 0 Å². The highest BCUT2D eigenvalue weighted by Gasteiger charge is 2.77. The summed E-state index contributed by atoms with van der Waals surface area (Å²) in [6.45, 7) is 0. The van der Waals surface area contributed by atoms with Crippen molar-refractivity contribution in [1.82, 2.24) is 0 Å². The van der Waals surface area contributed by atoms with Gasteiger partial charge >= 0.3 is 0 Å². The molecule has 8 aromatic rings. The number of hydrogen-bond donors (Lipinski definition) is 0. The van der Waals surface area contributed by atoms with Crippen molar-refractivity contribution in [3.05, 3.63) is 211 Å². The van der Waals surface area contributed by atoms with E-state index >= 15 is 0 Å². The minimum Gasteiger partial charge on any atom is -0.311 e. The van der Waals surface area contributed by atoms with Gasteiger partial charge in [-0.25, -0.2) is 0 Å². The Morgan fingerprint density at radius 1 is 0.350 bits per heavy atom. The van der Waals surface area contributed by atoms with Crippen LogP contribution in [-0.2, 0) is 5.41 Å². The molecule has 0 saturated heterocycles. The molecular formula is C59H47N. The fraction of sp³-hybridized carbons (Fsp3) is 0.186. The average Bonchev–Trinajstić information content (AvgIpc) is 3.78. The van der Waals surface area contributed by atoms with Crippen LogP contribution in [0.3, 0.4) is 0 Å². The van der Waals surface area contributed by atoms with Gasteiger partial charge in [0.1, 0.15) is 0 Å². The first-order valence-corrected chi connectivity index (χ1v) is 22.2. The van der Waals surface area contributed by atoms with Gasteiger partial charge in [0, 0.05) is 22.5 Å². The number of anilines is 3. The molecule has 6 unspecified atom stereocenters. The molecule has 4 saturated carbocycles. The van der Waals surface area contributed by atoms with Crippen molar-refractivity contribution in [2.24, 2.45) is 29.1 Å². The standard InChI is InChI=1S/C59H47N/c1-3-10-40(11-4-1)43-22-28-49(29-23-43)60(50-30-24-44(25-31-50)41-12-5-2-6-13-41)51-32-26-45(27-33-51)42-18-20-46(21-19-42)52-15-9-16-54-53-14-7-8-17-55(53)59(57(52)54)48-35-39-34-47-36-56(59)58(47,37-39)38-48/h1-33,39,47-48,56H,34-38H2. The van der Waals surface area contributed by atoms with Crippen LogP contribution in [0, 0.1) is 29.1 Å². The minimum absolute atomic E-state index is 0.165. The molecule has 4 fully saturated rings. The molecule has 5 aliphatic carbocycles. The molecule has 0 N–H and O–H groups in total. The van der Waals surface area contributed by atoms with Gasteiger partial charge in [0.15, 0.2) is 0 Å². The molecule has 8 aromatic carbocycles. The first kappa shape index (κ1) is 34.4. The number of rotatable bonds is 7. The van der Waals surface area contributed by atoms with E-state index in [1.807, 2.05) is 0 Å². The average molecular weight is 770 g/mol. The molecule has 13 rings (SSSR count). The third kappa shape index (κ3) is 4.87. The van der Waals surface area contributed by atoms with E-state index in [4.69, 9.17) is 0 Å². The molecule has 6 atom stereocenters. The molecule has 5 aliphatic rings. The quantitative estimate of drug-likeness (QED) is 0.156. The molecular weight excluding hydrogens is 723 g/mol. The van der Waals surface area contributed by atoms with Crippen LogP contribution in [0.15, 0.2) is 200 Å². The van der Waals surface area contributed by atoms with Crippen molar-refractivity contribution in [3.63, 3.8) is 0 Å². The van der Waals surface area contributed by atoms with E-state index in [1.165, 1.54) is 87.7 Å². The maximum atomic E-state index is 2.52. The normalized spacial score (nSPS) is 24.8. The lowest BCUT2D eigenvalue weighted by molar-refractivity contribution is -0.0193. The van der Waals surface area contributed by atoms with Gasteiger partial charge in [-0.3, -0.25) is 0 Å². The van der Waals surface area contributed by atoms with Crippen LogP contribution in [0.5, 0.6) is 0 Å². The van der Waals surface area contributed by atoms with E-state index < -0.39 is 0 Å². The molecule has 2 spiro atoms. The summed E-state index contributed by atoms with van der Waals surface area (Å²) >= 11 is 0. The largest absolute Gasteiger partial charge is 0.311 e. The first-order valence-electron chi connectivity index (χ1n) is 22.2. The first-order chi connectivity index (χ1) is 29.7. The van der Waals surface area contributed by atoms with Crippen LogP contribution < -0.4 is 4.90 Å². The fourth-order valence-corrected chi connectivity index (χ4v) is 13.7. The highest BCUT2D eigenvalue weighted by molar-refractivity contribution is 5.90. The molecule has 0 aromatic heterocycles. The second-order valence-corrected chi connectivity index (χ2v) is 18.6. The maximum absolute atomic E-state index is 2.52. The SMILES string of the molecule is c1ccc(-c2ccc(N(c3ccc(-c4ccccc4)cc3)c3ccc(-c4ccc(-c5cccc6c5C5(c7ccccc7-6)C6CC7CC8CC5C8(C7)C6)cc4)cc3)cc2)cc1. The predicted octanol–water partition coefficient (Wildman–Crippen LogP) is 15.5. The van der Waals surface area contributed by atoms with Crippen LogP contribution >= 0.6 is 0 Å². The van der Waals surface area contributed by atoms with E-state index in [0.29, 0.717) is 5.41 Å². The van der Waals surface area contributed by atoms with Gasteiger partial charge in [0.25, 0.3) is 0 Å². The van der Waals surface area contributed by atoms with E-state index in [9.17, 15) is 0 Å². The zero-order valence-electron chi connectivity index (χ0n) is 33.8. The Balaban J connectivity index is 0.844. The minimum atomic E-state index is 0.165. The van der Waals surface area contributed by atoms with Crippen molar-refractivity contribution >= 4 is 17.1 Å². The van der Waals surface area contributed by atoms with Gasteiger partial charge in [0.05, 0.1) is 0 Å². The topological polar surface area (TPSA) is 3.24 Å². The van der Waals surface area contributed by atoms with Crippen LogP contribution in [-0.4, -0.2) is 0 Å². The van der Waals surface area contributed by atoms with Crippen molar-refractivity contribution in [2.75, 3.05) is 4.90 Å². The van der Waals surface area contributed by atoms with Crippen molar-refractivity contribution in [1.29, 1.82) is 0 Å². The summed E-state index contributed by atoms with van der Waals surface area (Å²) in [6.07, 6.45) is 7.29. The number of nitrogens with zero attached hydrogens (tertiary/aromatic N) is 1. The summed E-state index contributed by atoms with van der Waals surface area (Å²) in [4.78, 5) is 2.37. The second kappa shape index (κ2) is 13.0. The van der Waals surface area contributed by atoms with E-state index in [0.717, 1.165) is 40.7 Å². The van der Waals surface area contributed by atoms with E-state index in [1.54, 1.807) is 11.1 Å². The highest BCUT2D eigenvalue weighted by atomic mass is 15.1. The van der Waals surface area contributed by atoms with Gasteiger partial charge in [-0.1, -0.05) is 164 Å². The van der Waals surface area contributed by atoms with E-state index in [-0.39, 0.29) is 5.41 Å². The second-order valence-electron chi connectivity index (χ2n) is 18.6. The molecule has 0 aliphatic heterocycles. The summed E-state index contributed by atoms with van der Waals surface area (Å²) in [6, 6.07) is 74.6. The van der Waals surface area contributed by atoms with E-state index in [2.05, 4.69) is 205 Å². The summed E-state index contributed by atoms with van der Waals surface area (Å²) in [5.41, 5.74) is 20.6. The molecule has 288 valence electrons. The molecule has 0 amide bonds. The van der Waals surface area contributed by atoms with Crippen molar-refractivity contribution in [2.45, 2.75) is 37.5 Å². The Morgan fingerprint density at radius 2 is 0.800 bits per heavy atom. The van der Waals surface area contributed by atoms with Gasteiger partial charge in [-0.15, -0.1) is 0 Å². The van der Waals surface area contributed by atoms with Crippen LogP contribution in [0.1, 0.15) is 43.2 Å². The summed E-state index contributed by atoms with van der Waals surface area (Å²) in [7, 11) is 0. The Labute approximate surface area is 354 Å². The van der Waals surface area contributed by atoms with Gasteiger partial charge in [0.2, 0.25) is 0 Å². The highest BCUT2D eigenvalue weighted by Crippen LogP contribution is 2.83. The fourth-order valence-electron chi connectivity index (χ4n) is 13.7. The lowest BCUT2D eigenvalue weighted by atomic mass is 9.49. The van der Waals surface area contributed by atoms with Crippen LogP contribution in [0.2, 0.25) is 0 Å². The molecule has 3 bridgehead atoms. The summed E-state index contributed by atoms with van der Waals surface area (Å²) < 4.78 is 0. The Kier molecular flexibility index (Phi) is 7.48. The maximum Gasteiger partial charge on any atom is 0.0462 e. The Hall–Kier alpha value is -6.44. The predicted molar refractivity (Wildman–Crippen MR) is 249 cm³/mol. The van der Waals surface area contributed by atoms with Gasteiger partial charge in [-0.2, -0.15) is 0 Å². The molecule has 60 heavy (non-hydrogen) atoms. The van der Waals surface area contributed by atoms with Gasteiger partial charge in [-0.05, 0) is 164 Å². The third-order valence-electron chi connectivity index (χ3n) is 16.0. The monoisotopic (exact) mass is 769 g/mol. The van der Waals surface area contributed by atoms with Crippen molar-refractivity contribution in [3.8, 4) is 55.6 Å². The zero-order valence-corrected chi connectivity index (χ0v) is 33.8. The van der Waals surface area contributed by atoms with Crippen LogP contribution in [0.25, 0.3) is 55.6 Å². The summed E-state index contributed by atoms with van der Waals surface area (Å²) in [5.74, 6) is 3.47. The number of fused-ring (bicyclic) bond motifs is 9. The van der Waals surface area contributed by atoms with Gasteiger partial charge < -0.3 is 4.90 Å². The number of benzene rings is 8. The molecule has 1 heteroatoms. The molecule has 0 heterocycles. The Morgan fingerprint density at radius 3 is 1.38 bits per heavy atom. The smallest absolute Gasteiger partial charge is 0.0462 e. The molecule has 1 nitrogen and oxygen atoms in total. The van der Waals surface area contributed by atoms with Crippen LogP contribution in [0.4, 0.5) is 17.1 Å². The third-order valence-corrected chi connectivity index (χ3v) is 16.0. The lowest BCUT2D eigenvalue weighted by Gasteiger charge is -2.54.